The van der Waals surface area contributed by atoms with Crippen LogP contribution in [0.3, 0.4) is 0 Å². The zero-order chi connectivity index (χ0) is 17.7. The molecule has 1 aliphatic rings. The highest BCUT2D eigenvalue weighted by Crippen LogP contribution is 2.30. The highest BCUT2D eigenvalue weighted by Gasteiger charge is 2.34. The number of carbonyl (C=O) groups is 2. The summed E-state index contributed by atoms with van der Waals surface area (Å²) in [6.07, 6.45) is 0. The molecule has 130 valence electrons. The van der Waals surface area contributed by atoms with Gasteiger partial charge in [-0.25, -0.2) is 14.0 Å². The second-order valence-electron chi connectivity index (χ2n) is 5.32. The van der Waals surface area contributed by atoms with Crippen molar-refractivity contribution in [2.24, 2.45) is 0 Å². The third-order valence-corrected chi connectivity index (χ3v) is 3.84. The summed E-state index contributed by atoms with van der Waals surface area (Å²) in [4.78, 5) is 25.9. The summed E-state index contributed by atoms with van der Waals surface area (Å²) < 4.78 is 23.5. The van der Waals surface area contributed by atoms with Crippen LogP contribution in [0.15, 0.2) is 35.5 Å². The van der Waals surface area contributed by atoms with Crippen LogP contribution in [0.1, 0.15) is 25.5 Å². The molecule has 0 saturated carbocycles. The number of esters is 1. The highest BCUT2D eigenvalue weighted by atomic mass is 19.1. The largest absolute Gasteiger partial charge is 0.460 e. The topological polar surface area (TPSA) is 67.9 Å². The molecule has 0 radical (unpaired) electrons. The summed E-state index contributed by atoms with van der Waals surface area (Å²) in [5.74, 6) is -0.923. The van der Waals surface area contributed by atoms with Crippen LogP contribution in [-0.4, -0.2) is 43.8 Å². The summed E-state index contributed by atoms with van der Waals surface area (Å²) in [5, 5.41) is 2.74. The maximum absolute atomic E-state index is 13.2. The number of amides is 2. The maximum atomic E-state index is 13.2. The lowest BCUT2D eigenvalue weighted by molar-refractivity contribution is -0.141. The first-order valence-corrected chi connectivity index (χ1v) is 7.71. The van der Waals surface area contributed by atoms with Gasteiger partial charge in [0.15, 0.2) is 0 Å². The van der Waals surface area contributed by atoms with Crippen molar-refractivity contribution in [3.63, 3.8) is 0 Å². The van der Waals surface area contributed by atoms with E-state index in [1.807, 2.05) is 6.92 Å². The molecule has 1 aromatic rings. The number of hydrogen-bond acceptors (Lipinski definition) is 4. The van der Waals surface area contributed by atoms with Crippen LogP contribution in [0, 0.1) is 5.82 Å². The molecule has 0 aromatic heterocycles. The smallest absolute Gasteiger partial charge is 0.338 e. The van der Waals surface area contributed by atoms with Gasteiger partial charge in [-0.05, 0) is 31.5 Å². The van der Waals surface area contributed by atoms with Gasteiger partial charge in [0.25, 0.3) is 0 Å². The Morgan fingerprint density at radius 3 is 2.58 bits per heavy atom. The summed E-state index contributed by atoms with van der Waals surface area (Å²) >= 11 is 0. The third-order valence-electron chi connectivity index (χ3n) is 3.84. The van der Waals surface area contributed by atoms with E-state index in [2.05, 4.69) is 5.32 Å². The average molecular weight is 336 g/mol. The predicted octanol–water partition coefficient (Wildman–Crippen LogP) is 2.38. The lowest BCUT2D eigenvalue weighted by atomic mass is 9.95. The monoisotopic (exact) mass is 336 g/mol. The van der Waals surface area contributed by atoms with Crippen molar-refractivity contribution in [2.45, 2.75) is 19.9 Å². The van der Waals surface area contributed by atoms with Crippen LogP contribution >= 0.6 is 0 Å². The molecule has 7 heteroatoms. The van der Waals surface area contributed by atoms with E-state index in [1.54, 1.807) is 14.0 Å². The summed E-state index contributed by atoms with van der Waals surface area (Å²) in [5.41, 5.74) is 1.42. The number of nitrogens with zero attached hydrogens (tertiary/aromatic N) is 1. The van der Waals surface area contributed by atoms with Crippen molar-refractivity contribution in [1.29, 1.82) is 0 Å². The van der Waals surface area contributed by atoms with E-state index in [1.165, 1.54) is 29.2 Å². The first-order valence-electron chi connectivity index (χ1n) is 7.71. The third kappa shape index (κ3) is 3.91. The maximum Gasteiger partial charge on any atom is 0.338 e. The molecule has 0 fully saturated rings. The van der Waals surface area contributed by atoms with Crippen molar-refractivity contribution in [1.82, 2.24) is 10.2 Å². The van der Waals surface area contributed by atoms with Crippen molar-refractivity contribution in [2.75, 3.05) is 26.9 Å². The lowest BCUT2D eigenvalue weighted by Gasteiger charge is -2.33. The molecule has 0 aliphatic carbocycles. The second-order valence-corrected chi connectivity index (χ2v) is 5.32. The Bertz CT molecular complexity index is 642. The minimum Gasteiger partial charge on any atom is -0.460 e. The van der Waals surface area contributed by atoms with Gasteiger partial charge in [-0.15, -0.1) is 0 Å². The fourth-order valence-corrected chi connectivity index (χ4v) is 2.42. The highest BCUT2D eigenvalue weighted by molar-refractivity contribution is 5.94. The fraction of sp³-hybridized carbons (Fsp3) is 0.412. The van der Waals surface area contributed by atoms with Crippen LogP contribution in [0.5, 0.6) is 0 Å². The number of ether oxygens (including phenoxy) is 2. The summed E-state index contributed by atoms with van der Waals surface area (Å²) in [6, 6.07) is 4.61. The fourth-order valence-electron chi connectivity index (χ4n) is 2.42. The van der Waals surface area contributed by atoms with Crippen LogP contribution in [0.4, 0.5) is 9.18 Å². The average Bonchev–Trinajstić information content (AvgIpc) is 2.57. The van der Waals surface area contributed by atoms with E-state index >= 15 is 0 Å². The molecule has 24 heavy (non-hydrogen) atoms. The van der Waals surface area contributed by atoms with Crippen LogP contribution in [0.2, 0.25) is 0 Å². The molecule has 1 atom stereocenters. The zero-order valence-corrected chi connectivity index (χ0v) is 14.0. The number of rotatable bonds is 6. The number of nitrogens with one attached hydrogen (secondary N) is 1. The first-order chi connectivity index (χ1) is 11.5. The molecule has 0 bridgehead atoms. The standard InChI is InChI=1S/C17H21FN2O4/c1-4-23-9-10-24-16(21)14-11(2)20(3)17(22)19-15(14)12-5-7-13(18)8-6-12/h5-8,15H,4,9-10H2,1-3H3,(H,19,22)/t15-/m1/s1. The molecule has 1 N–H and O–H groups in total. The van der Waals surface area contributed by atoms with Crippen molar-refractivity contribution in [3.05, 3.63) is 46.9 Å². The van der Waals surface area contributed by atoms with Gasteiger partial charge < -0.3 is 19.7 Å². The van der Waals surface area contributed by atoms with E-state index in [0.717, 1.165) is 0 Å². The van der Waals surface area contributed by atoms with Gasteiger partial charge in [-0.1, -0.05) is 12.1 Å². The SMILES string of the molecule is CCOCCOC(=O)C1=C(C)N(C)C(=O)N[C@@H]1c1ccc(F)cc1. The molecule has 0 unspecified atom stereocenters. The van der Waals surface area contributed by atoms with Gasteiger partial charge in [0.1, 0.15) is 12.4 Å². The van der Waals surface area contributed by atoms with Crippen LogP contribution < -0.4 is 5.32 Å². The Labute approximate surface area is 140 Å². The Balaban J connectivity index is 2.28. The minimum absolute atomic E-state index is 0.122. The van der Waals surface area contributed by atoms with E-state index in [-0.39, 0.29) is 18.5 Å². The minimum atomic E-state index is -0.686. The molecular weight excluding hydrogens is 315 g/mol. The molecule has 2 rings (SSSR count). The second kappa shape index (κ2) is 7.92. The molecular formula is C17H21FN2O4. The molecule has 1 aliphatic heterocycles. The summed E-state index contributed by atoms with van der Waals surface area (Å²) in [6.45, 7) is 4.49. The Morgan fingerprint density at radius 2 is 1.96 bits per heavy atom. The quantitative estimate of drug-likeness (QED) is 0.640. The predicted molar refractivity (Wildman–Crippen MR) is 85.6 cm³/mol. The first kappa shape index (κ1) is 17.9. The molecule has 0 saturated heterocycles. The van der Waals surface area contributed by atoms with E-state index in [9.17, 15) is 14.0 Å². The molecule has 0 spiro atoms. The van der Waals surface area contributed by atoms with Gasteiger partial charge in [0.2, 0.25) is 0 Å². The van der Waals surface area contributed by atoms with Gasteiger partial charge in [-0.3, -0.25) is 0 Å². The van der Waals surface area contributed by atoms with E-state index < -0.39 is 12.0 Å². The Hall–Kier alpha value is -2.41. The van der Waals surface area contributed by atoms with Crippen LogP contribution in [0.25, 0.3) is 0 Å². The Kier molecular flexibility index (Phi) is 5.92. The van der Waals surface area contributed by atoms with Crippen molar-refractivity contribution >= 4 is 12.0 Å². The lowest BCUT2D eigenvalue weighted by Crippen LogP contribution is -2.46. The van der Waals surface area contributed by atoms with Crippen molar-refractivity contribution in [3.8, 4) is 0 Å². The number of halogens is 1. The number of allylic oxidation sites excluding steroid dienone is 1. The van der Waals surface area contributed by atoms with Gasteiger partial charge in [0.05, 0.1) is 18.2 Å². The molecule has 2 amide bonds. The van der Waals surface area contributed by atoms with Crippen LogP contribution in [-0.2, 0) is 14.3 Å². The van der Waals surface area contributed by atoms with Gasteiger partial charge >= 0.3 is 12.0 Å². The number of benzene rings is 1. The number of carbonyl (C=O) groups excluding carboxylic acids is 2. The summed E-state index contributed by atoms with van der Waals surface area (Å²) in [7, 11) is 1.57. The normalized spacial score (nSPS) is 17.8. The molecule has 1 aromatic carbocycles. The van der Waals surface area contributed by atoms with Crippen molar-refractivity contribution < 1.29 is 23.5 Å². The number of urea groups is 1. The molecule has 1 heterocycles. The van der Waals surface area contributed by atoms with Gasteiger partial charge in [0, 0.05) is 19.4 Å². The zero-order valence-electron chi connectivity index (χ0n) is 14.0. The Morgan fingerprint density at radius 1 is 1.29 bits per heavy atom. The molecule has 6 nitrogen and oxygen atoms in total. The number of hydrogen-bond donors (Lipinski definition) is 1. The van der Waals surface area contributed by atoms with E-state index in [4.69, 9.17) is 9.47 Å². The van der Waals surface area contributed by atoms with Gasteiger partial charge in [-0.2, -0.15) is 0 Å². The van der Waals surface area contributed by atoms with E-state index in [0.29, 0.717) is 30.0 Å².